The van der Waals surface area contributed by atoms with Gasteiger partial charge in [0.15, 0.2) is 0 Å². The van der Waals surface area contributed by atoms with E-state index in [9.17, 15) is 14.4 Å². The lowest BCUT2D eigenvalue weighted by Gasteiger charge is -2.23. The molecule has 1 saturated heterocycles. The lowest BCUT2D eigenvalue weighted by Crippen LogP contribution is -2.34. The van der Waals surface area contributed by atoms with Gasteiger partial charge in [-0.15, -0.1) is 0 Å². The van der Waals surface area contributed by atoms with Crippen LogP contribution in [-0.4, -0.2) is 52.2 Å². The average molecular weight is 456 g/mol. The summed E-state index contributed by atoms with van der Waals surface area (Å²) in [5.41, 5.74) is 2.91. The normalized spacial score (nSPS) is 19.2. The molecule has 6 nitrogen and oxygen atoms in total. The quantitative estimate of drug-likeness (QED) is 0.632. The van der Waals surface area contributed by atoms with Crippen LogP contribution >= 0.6 is 11.6 Å². The van der Waals surface area contributed by atoms with Crippen LogP contribution in [0.5, 0.6) is 0 Å². The Balaban J connectivity index is 1.40. The molecule has 8 heteroatoms. The Morgan fingerprint density at radius 1 is 1.12 bits per heavy atom. The number of imide groups is 1. The summed E-state index contributed by atoms with van der Waals surface area (Å²) in [4.78, 5) is 41.0. The smallest absolute Gasteiger partial charge is 0.327 e. The molecule has 0 aromatic heterocycles. The fraction of sp³-hybridized carbons (Fsp3) is 0.375. The predicted octanol–water partition coefficient (Wildman–Crippen LogP) is 4.29. The summed E-state index contributed by atoms with van der Waals surface area (Å²) in [6, 6.07) is 8.02. The van der Waals surface area contributed by atoms with Crippen LogP contribution in [0.1, 0.15) is 41.3 Å². The fourth-order valence-electron chi connectivity index (χ4n) is 4.64. The van der Waals surface area contributed by atoms with Gasteiger partial charge in [0.2, 0.25) is 5.91 Å². The maximum absolute atomic E-state index is 15.0. The van der Waals surface area contributed by atoms with Crippen molar-refractivity contribution in [2.24, 2.45) is 5.92 Å². The minimum absolute atomic E-state index is 0.0110. The van der Waals surface area contributed by atoms with Crippen LogP contribution in [0.15, 0.2) is 30.3 Å². The molecule has 2 aliphatic heterocycles. The Morgan fingerprint density at radius 3 is 2.50 bits per heavy atom. The Bertz CT molecular complexity index is 1160. The first-order chi connectivity index (χ1) is 15.2. The van der Waals surface area contributed by atoms with Gasteiger partial charge in [0, 0.05) is 31.7 Å². The number of hydrogen-bond donors (Lipinski definition) is 0. The van der Waals surface area contributed by atoms with Gasteiger partial charge in [-0.2, -0.15) is 0 Å². The first kappa shape index (κ1) is 20.9. The molecule has 0 radical (unpaired) electrons. The van der Waals surface area contributed by atoms with Crippen molar-refractivity contribution in [1.82, 2.24) is 14.7 Å². The number of nitrogens with zero attached hydrogens (tertiary/aromatic N) is 3. The Hall–Kier alpha value is -2.93. The molecular formula is C24H23ClFN3O3. The molecule has 0 unspecified atom stereocenters. The van der Waals surface area contributed by atoms with Gasteiger partial charge >= 0.3 is 6.03 Å². The summed E-state index contributed by atoms with van der Waals surface area (Å²) in [5.74, 6) is -0.229. The van der Waals surface area contributed by atoms with E-state index in [-0.39, 0.29) is 37.0 Å². The SMILES string of the molecule is C[C@@H](C1CC1)N1Cc2cc(-c3ccc(CN4CC(=O)N(C)C4=O)cc3F)cc(Cl)c2C1=O. The molecular weight excluding hydrogens is 433 g/mol. The average Bonchev–Trinajstić information content (AvgIpc) is 3.50. The molecule has 2 fully saturated rings. The highest BCUT2D eigenvalue weighted by Crippen LogP contribution is 2.41. The highest BCUT2D eigenvalue weighted by Gasteiger charge is 2.39. The lowest BCUT2D eigenvalue weighted by atomic mass is 9.98. The van der Waals surface area contributed by atoms with Crippen molar-refractivity contribution in [3.05, 3.63) is 57.9 Å². The summed E-state index contributed by atoms with van der Waals surface area (Å²) in [6.45, 7) is 2.70. The summed E-state index contributed by atoms with van der Waals surface area (Å²) in [5, 5.41) is 0.334. The van der Waals surface area contributed by atoms with Crippen LogP contribution in [0.25, 0.3) is 11.1 Å². The molecule has 4 amide bonds. The molecule has 166 valence electrons. The number of halogens is 2. The van der Waals surface area contributed by atoms with Crippen molar-refractivity contribution < 1.29 is 18.8 Å². The van der Waals surface area contributed by atoms with Crippen molar-refractivity contribution in [3.63, 3.8) is 0 Å². The van der Waals surface area contributed by atoms with Gasteiger partial charge < -0.3 is 9.80 Å². The number of benzene rings is 2. The molecule has 0 N–H and O–H groups in total. The van der Waals surface area contributed by atoms with E-state index in [1.165, 1.54) is 18.0 Å². The van der Waals surface area contributed by atoms with Gasteiger partial charge in [-0.05, 0) is 60.6 Å². The van der Waals surface area contributed by atoms with Crippen molar-refractivity contribution in [3.8, 4) is 11.1 Å². The highest BCUT2D eigenvalue weighted by atomic mass is 35.5. The number of hydrogen-bond acceptors (Lipinski definition) is 3. The van der Waals surface area contributed by atoms with Crippen LogP contribution in [0.3, 0.4) is 0 Å². The molecule has 1 atom stereocenters. The van der Waals surface area contributed by atoms with Crippen LogP contribution in [0.2, 0.25) is 5.02 Å². The maximum Gasteiger partial charge on any atom is 0.327 e. The van der Waals surface area contributed by atoms with Gasteiger partial charge in [-0.25, -0.2) is 9.18 Å². The lowest BCUT2D eigenvalue weighted by molar-refractivity contribution is -0.124. The molecule has 32 heavy (non-hydrogen) atoms. The zero-order valence-corrected chi connectivity index (χ0v) is 18.7. The molecule has 2 aromatic carbocycles. The fourth-order valence-corrected chi connectivity index (χ4v) is 4.95. The maximum atomic E-state index is 15.0. The van der Waals surface area contributed by atoms with E-state index >= 15 is 4.39 Å². The Morgan fingerprint density at radius 2 is 1.88 bits per heavy atom. The predicted molar refractivity (Wildman–Crippen MR) is 117 cm³/mol. The van der Waals surface area contributed by atoms with Crippen molar-refractivity contribution in [2.75, 3.05) is 13.6 Å². The van der Waals surface area contributed by atoms with Crippen LogP contribution in [0, 0.1) is 11.7 Å². The van der Waals surface area contributed by atoms with Crippen LogP contribution in [0.4, 0.5) is 9.18 Å². The van der Waals surface area contributed by atoms with Crippen LogP contribution < -0.4 is 0 Å². The summed E-state index contributed by atoms with van der Waals surface area (Å²) >= 11 is 6.47. The first-order valence-electron chi connectivity index (χ1n) is 10.7. The standard InChI is InChI=1S/C24H23ClFN3O3/c1-13(15-4-5-15)29-11-17-8-16(9-19(25)22(17)23(29)31)18-6-3-14(7-20(18)26)10-28-12-21(30)27(2)24(28)32/h3,6-9,13,15H,4-5,10-12H2,1-2H3/t13-/m0/s1. The van der Waals surface area contributed by atoms with E-state index in [4.69, 9.17) is 11.6 Å². The molecule has 1 saturated carbocycles. The number of likely N-dealkylation sites (N-methyl/N-ethyl adjacent to an activating group) is 1. The summed E-state index contributed by atoms with van der Waals surface area (Å²) in [7, 11) is 1.43. The molecule has 1 aliphatic carbocycles. The zero-order valence-electron chi connectivity index (χ0n) is 17.9. The van der Waals surface area contributed by atoms with Gasteiger partial charge in [0.1, 0.15) is 12.4 Å². The van der Waals surface area contributed by atoms with Crippen LogP contribution in [-0.2, 0) is 17.9 Å². The third-order valence-electron chi connectivity index (χ3n) is 6.76. The van der Waals surface area contributed by atoms with Gasteiger partial charge in [-0.3, -0.25) is 14.5 Å². The van der Waals surface area contributed by atoms with Gasteiger partial charge in [0.25, 0.3) is 5.91 Å². The highest BCUT2D eigenvalue weighted by molar-refractivity contribution is 6.34. The minimum Gasteiger partial charge on any atom is -0.331 e. The Kier molecular flexibility index (Phi) is 4.97. The van der Waals surface area contributed by atoms with E-state index in [0.717, 1.165) is 23.3 Å². The Labute approximate surface area is 190 Å². The molecule has 2 heterocycles. The summed E-state index contributed by atoms with van der Waals surface area (Å²) in [6.07, 6.45) is 2.29. The van der Waals surface area contributed by atoms with E-state index in [2.05, 4.69) is 6.92 Å². The van der Waals surface area contributed by atoms with E-state index in [1.807, 2.05) is 11.0 Å². The van der Waals surface area contributed by atoms with Gasteiger partial charge in [-0.1, -0.05) is 23.7 Å². The summed E-state index contributed by atoms with van der Waals surface area (Å²) < 4.78 is 15.0. The monoisotopic (exact) mass is 455 g/mol. The van der Waals surface area contributed by atoms with E-state index in [0.29, 0.717) is 39.7 Å². The number of rotatable bonds is 5. The molecule has 0 bridgehead atoms. The second-order valence-corrected chi connectivity index (χ2v) is 9.32. The van der Waals surface area contributed by atoms with Gasteiger partial charge in [0.05, 0.1) is 10.6 Å². The number of carbonyl (C=O) groups is 3. The molecule has 5 rings (SSSR count). The minimum atomic E-state index is -0.447. The third kappa shape index (κ3) is 3.45. The topological polar surface area (TPSA) is 60.9 Å². The molecule has 0 spiro atoms. The van der Waals surface area contributed by atoms with E-state index in [1.54, 1.807) is 18.2 Å². The second-order valence-electron chi connectivity index (χ2n) is 8.91. The number of carbonyl (C=O) groups excluding carboxylic acids is 3. The van der Waals surface area contributed by atoms with Crippen molar-refractivity contribution in [1.29, 1.82) is 0 Å². The molecule has 3 aliphatic rings. The zero-order chi connectivity index (χ0) is 22.7. The first-order valence-corrected chi connectivity index (χ1v) is 11.1. The number of amides is 4. The van der Waals surface area contributed by atoms with Crippen molar-refractivity contribution in [2.45, 2.75) is 38.9 Å². The largest absolute Gasteiger partial charge is 0.331 e. The number of urea groups is 1. The number of fused-ring (bicyclic) bond motifs is 1. The molecule has 2 aromatic rings. The van der Waals surface area contributed by atoms with Crippen molar-refractivity contribution >= 4 is 29.4 Å². The van der Waals surface area contributed by atoms with E-state index < -0.39 is 5.82 Å². The third-order valence-corrected chi connectivity index (χ3v) is 7.06. The second kappa shape index (κ2) is 7.59.